The molecule has 0 fully saturated rings. The van der Waals surface area contributed by atoms with Gasteiger partial charge in [-0.1, -0.05) is 18.2 Å². The van der Waals surface area contributed by atoms with Crippen molar-refractivity contribution >= 4 is 33.9 Å². The van der Waals surface area contributed by atoms with Gasteiger partial charge in [-0.25, -0.2) is 4.79 Å². The number of hydrogen-bond acceptors (Lipinski definition) is 7. The standard InChI is InChI=1S/C22H20N2O6S/c1-4-30-17-10-8-14(9-11-17)18-13(2)31-21(19(18)22(26)29-3)23-20(25)15-6-5-7-16(12-15)24(27)28/h5-12H,4H2,1-3H3,(H,23,25). The second-order valence-corrected chi connectivity index (χ2v) is 7.67. The zero-order chi connectivity index (χ0) is 22.5. The van der Waals surface area contributed by atoms with E-state index in [2.05, 4.69) is 5.32 Å². The number of nitrogens with zero attached hydrogens (tertiary/aromatic N) is 1. The lowest BCUT2D eigenvalue weighted by Gasteiger charge is -2.09. The molecule has 1 aromatic heterocycles. The summed E-state index contributed by atoms with van der Waals surface area (Å²) < 4.78 is 10.4. The smallest absolute Gasteiger partial charge is 0.341 e. The molecule has 0 aliphatic carbocycles. The fourth-order valence-corrected chi connectivity index (χ4v) is 4.16. The van der Waals surface area contributed by atoms with E-state index in [0.29, 0.717) is 22.9 Å². The molecule has 0 aliphatic rings. The lowest BCUT2D eigenvalue weighted by molar-refractivity contribution is -0.384. The molecule has 160 valence electrons. The van der Waals surface area contributed by atoms with Crippen LogP contribution >= 0.6 is 11.3 Å². The van der Waals surface area contributed by atoms with Gasteiger partial charge >= 0.3 is 5.97 Å². The normalized spacial score (nSPS) is 10.4. The van der Waals surface area contributed by atoms with Crippen molar-refractivity contribution in [2.45, 2.75) is 13.8 Å². The monoisotopic (exact) mass is 440 g/mol. The molecule has 2 aromatic carbocycles. The maximum atomic E-state index is 12.7. The molecule has 1 heterocycles. The van der Waals surface area contributed by atoms with Crippen molar-refractivity contribution in [3.05, 3.63) is 74.6 Å². The fraction of sp³-hybridized carbons (Fsp3) is 0.182. The van der Waals surface area contributed by atoms with E-state index >= 15 is 0 Å². The van der Waals surface area contributed by atoms with Gasteiger partial charge in [-0.2, -0.15) is 0 Å². The van der Waals surface area contributed by atoms with E-state index < -0.39 is 16.8 Å². The van der Waals surface area contributed by atoms with Crippen LogP contribution in [0.4, 0.5) is 10.7 Å². The highest BCUT2D eigenvalue weighted by Crippen LogP contribution is 2.41. The Bertz CT molecular complexity index is 1140. The molecule has 3 aromatic rings. The Hall–Kier alpha value is -3.72. The quantitative estimate of drug-likeness (QED) is 0.312. The zero-order valence-corrected chi connectivity index (χ0v) is 17.9. The summed E-state index contributed by atoms with van der Waals surface area (Å²) in [4.78, 5) is 36.5. The minimum absolute atomic E-state index is 0.110. The molecule has 0 saturated carbocycles. The van der Waals surface area contributed by atoms with E-state index in [-0.39, 0.29) is 16.8 Å². The van der Waals surface area contributed by atoms with Crippen LogP contribution in [0, 0.1) is 17.0 Å². The van der Waals surface area contributed by atoms with Gasteiger partial charge in [-0.15, -0.1) is 11.3 Å². The highest BCUT2D eigenvalue weighted by molar-refractivity contribution is 7.17. The summed E-state index contributed by atoms with van der Waals surface area (Å²) in [5.74, 6) is -0.450. The molecule has 0 saturated heterocycles. The van der Waals surface area contributed by atoms with Crippen molar-refractivity contribution in [1.82, 2.24) is 0 Å². The Balaban J connectivity index is 2.00. The van der Waals surface area contributed by atoms with Gasteiger partial charge in [0.05, 0.1) is 18.6 Å². The van der Waals surface area contributed by atoms with Crippen LogP contribution in [0.25, 0.3) is 11.1 Å². The molecule has 9 heteroatoms. The number of carbonyl (C=O) groups excluding carboxylic acids is 2. The molecule has 0 bridgehead atoms. The number of non-ortho nitro benzene ring substituents is 1. The number of methoxy groups -OCH3 is 1. The van der Waals surface area contributed by atoms with Crippen LogP contribution in [0.1, 0.15) is 32.5 Å². The number of nitrogens with one attached hydrogen (secondary N) is 1. The van der Waals surface area contributed by atoms with Crippen molar-refractivity contribution in [3.63, 3.8) is 0 Å². The summed E-state index contributed by atoms with van der Waals surface area (Å²) >= 11 is 1.23. The van der Waals surface area contributed by atoms with E-state index in [0.717, 1.165) is 10.4 Å². The molecule has 0 atom stereocenters. The molecule has 0 spiro atoms. The lowest BCUT2D eigenvalue weighted by Crippen LogP contribution is -2.14. The molecular weight excluding hydrogens is 420 g/mol. The maximum absolute atomic E-state index is 12.7. The highest BCUT2D eigenvalue weighted by atomic mass is 32.1. The van der Waals surface area contributed by atoms with Crippen LogP contribution in [0.3, 0.4) is 0 Å². The number of esters is 1. The Kier molecular flexibility index (Phi) is 6.66. The first kappa shape index (κ1) is 22.0. The highest BCUT2D eigenvalue weighted by Gasteiger charge is 2.25. The zero-order valence-electron chi connectivity index (χ0n) is 17.1. The number of rotatable bonds is 7. The number of aryl methyl sites for hydroxylation is 1. The van der Waals surface area contributed by atoms with Crippen molar-refractivity contribution in [2.24, 2.45) is 0 Å². The van der Waals surface area contributed by atoms with Gasteiger partial charge in [0.25, 0.3) is 11.6 Å². The first-order valence-corrected chi connectivity index (χ1v) is 10.2. The van der Waals surface area contributed by atoms with Crippen molar-refractivity contribution in [1.29, 1.82) is 0 Å². The van der Waals surface area contributed by atoms with Crippen LogP contribution in [-0.4, -0.2) is 30.5 Å². The van der Waals surface area contributed by atoms with E-state index in [9.17, 15) is 19.7 Å². The summed E-state index contributed by atoms with van der Waals surface area (Å²) in [6, 6.07) is 12.7. The molecule has 1 N–H and O–H groups in total. The van der Waals surface area contributed by atoms with E-state index in [1.165, 1.54) is 42.7 Å². The van der Waals surface area contributed by atoms with E-state index in [4.69, 9.17) is 9.47 Å². The average molecular weight is 440 g/mol. The second-order valence-electron chi connectivity index (χ2n) is 6.45. The molecule has 31 heavy (non-hydrogen) atoms. The van der Waals surface area contributed by atoms with Gasteiger partial charge < -0.3 is 14.8 Å². The van der Waals surface area contributed by atoms with Crippen LogP contribution in [-0.2, 0) is 4.74 Å². The number of nitro benzene ring substituents is 1. The SMILES string of the molecule is CCOc1ccc(-c2c(C)sc(NC(=O)c3cccc([N+](=O)[O-])c3)c2C(=O)OC)cc1. The number of thiophene rings is 1. The summed E-state index contributed by atoms with van der Waals surface area (Å²) in [5.41, 5.74) is 1.56. The summed E-state index contributed by atoms with van der Waals surface area (Å²) in [5, 5.41) is 14.0. The van der Waals surface area contributed by atoms with Crippen LogP contribution < -0.4 is 10.1 Å². The Morgan fingerprint density at radius 1 is 1.16 bits per heavy atom. The van der Waals surface area contributed by atoms with Crippen molar-refractivity contribution in [2.75, 3.05) is 19.0 Å². The van der Waals surface area contributed by atoms with Gasteiger partial charge in [0.15, 0.2) is 0 Å². The first-order valence-electron chi connectivity index (χ1n) is 9.36. The van der Waals surface area contributed by atoms with Crippen LogP contribution in [0.5, 0.6) is 5.75 Å². The summed E-state index contributed by atoms with van der Waals surface area (Å²) in [6.45, 7) is 4.27. The van der Waals surface area contributed by atoms with Gasteiger partial charge in [0.2, 0.25) is 0 Å². The minimum Gasteiger partial charge on any atom is -0.494 e. The van der Waals surface area contributed by atoms with Gasteiger partial charge in [-0.05, 0) is 37.6 Å². The number of hydrogen-bond donors (Lipinski definition) is 1. The average Bonchev–Trinajstić information content (AvgIpc) is 3.09. The Morgan fingerprint density at radius 2 is 1.87 bits per heavy atom. The third kappa shape index (κ3) is 4.72. The summed E-state index contributed by atoms with van der Waals surface area (Å²) in [6.07, 6.45) is 0. The third-order valence-corrected chi connectivity index (χ3v) is 5.49. The minimum atomic E-state index is -0.595. The number of anilines is 1. The Morgan fingerprint density at radius 3 is 2.48 bits per heavy atom. The topological polar surface area (TPSA) is 108 Å². The molecule has 0 unspecified atom stereocenters. The van der Waals surface area contributed by atoms with Gasteiger partial charge in [-0.3, -0.25) is 14.9 Å². The first-order chi connectivity index (χ1) is 14.8. The summed E-state index contributed by atoms with van der Waals surface area (Å²) in [7, 11) is 1.27. The lowest BCUT2D eigenvalue weighted by atomic mass is 10.0. The maximum Gasteiger partial charge on any atom is 0.341 e. The Labute approximate surface area is 182 Å². The van der Waals surface area contributed by atoms with E-state index in [1.807, 2.05) is 26.0 Å². The predicted octanol–water partition coefficient (Wildman–Crippen LogP) is 5.07. The number of nitro groups is 1. The van der Waals surface area contributed by atoms with Crippen LogP contribution in [0.2, 0.25) is 0 Å². The number of ether oxygens (including phenoxy) is 2. The largest absolute Gasteiger partial charge is 0.494 e. The molecule has 1 amide bonds. The number of amides is 1. The molecule has 0 aliphatic heterocycles. The number of carbonyl (C=O) groups is 2. The second kappa shape index (κ2) is 9.40. The third-order valence-electron chi connectivity index (χ3n) is 4.47. The predicted molar refractivity (Wildman–Crippen MR) is 118 cm³/mol. The molecule has 0 radical (unpaired) electrons. The molecule has 3 rings (SSSR count). The fourth-order valence-electron chi connectivity index (χ4n) is 3.10. The van der Waals surface area contributed by atoms with E-state index in [1.54, 1.807) is 12.1 Å². The van der Waals surface area contributed by atoms with Crippen molar-refractivity contribution in [3.8, 4) is 16.9 Å². The molecular formula is C22H20N2O6S. The molecule has 8 nitrogen and oxygen atoms in total. The van der Waals surface area contributed by atoms with Gasteiger partial charge in [0.1, 0.15) is 16.3 Å². The van der Waals surface area contributed by atoms with Crippen molar-refractivity contribution < 1.29 is 24.0 Å². The number of benzene rings is 2. The van der Waals surface area contributed by atoms with Crippen LogP contribution in [0.15, 0.2) is 48.5 Å². The van der Waals surface area contributed by atoms with Gasteiger partial charge in [0, 0.05) is 28.1 Å².